The third-order valence-corrected chi connectivity index (χ3v) is 2.15. The molecule has 0 aliphatic rings. The van der Waals surface area contributed by atoms with Gasteiger partial charge in [-0.15, -0.1) is 0 Å². The molecule has 0 fully saturated rings. The monoisotopic (exact) mass is 214 g/mol. The number of hydrogen-bond acceptors (Lipinski definition) is 3. The summed E-state index contributed by atoms with van der Waals surface area (Å²) >= 11 is 5.78. The Bertz CT molecular complexity index is 291. The number of nitrogens with two attached hydrogens (primary N) is 1. The van der Waals surface area contributed by atoms with Gasteiger partial charge in [0.1, 0.15) is 11.9 Å². The number of hydrogen-bond donors (Lipinski definition) is 1. The summed E-state index contributed by atoms with van der Waals surface area (Å²) in [5.41, 5.74) is 5.58. The molecule has 0 aliphatic carbocycles. The predicted molar refractivity (Wildman–Crippen MR) is 57.6 cm³/mol. The van der Waals surface area contributed by atoms with Crippen LogP contribution in [-0.4, -0.2) is 17.6 Å². The van der Waals surface area contributed by atoms with Crippen LogP contribution in [0.25, 0.3) is 0 Å². The van der Waals surface area contributed by atoms with Crippen LogP contribution in [0.1, 0.15) is 13.8 Å². The maximum absolute atomic E-state index is 5.78. The molecule has 0 saturated heterocycles. The van der Waals surface area contributed by atoms with Crippen LogP contribution in [0.4, 0.5) is 0 Å². The zero-order valence-electron chi connectivity index (χ0n) is 8.40. The number of halogens is 1. The van der Waals surface area contributed by atoms with Crippen molar-refractivity contribution in [2.24, 2.45) is 11.7 Å². The van der Waals surface area contributed by atoms with Gasteiger partial charge in [-0.05, 0) is 5.92 Å². The Labute approximate surface area is 89.2 Å². The van der Waals surface area contributed by atoms with Crippen molar-refractivity contribution in [1.29, 1.82) is 0 Å². The third-order valence-electron chi connectivity index (χ3n) is 1.94. The van der Waals surface area contributed by atoms with Gasteiger partial charge in [-0.3, -0.25) is 4.98 Å². The quantitative estimate of drug-likeness (QED) is 0.835. The Morgan fingerprint density at radius 3 is 2.71 bits per heavy atom. The fraction of sp³-hybridized carbons (Fsp3) is 0.500. The molecule has 0 amide bonds. The van der Waals surface area contributed by atoms with E-state index in [1.54, 1.807) is 18.5 Å². The molecule has 0 aromatic carbocycles. The largest absolute Gasteiger partial charge is 0.487 e. The molecule has 1 aromatic rings. The van der Waals surface area contributed by atoms with Gasteiger partial charge in [0.15, 0.2) is 0 Å². The van der Waals surface area contributed by atoms with Crippen molar-refractivity contribution >= 4 is 11.6 Å². The first-order chi connectivity index (χ1) is 6.63. The van der Waals surface area contributed by atoms with Crippen LogP contribution in [0.5, 0.6) is 5.75 Å². The molecule has 14 heavy (non-hydrogen) atoms. The normalized spacial score (nSPS) is 12.9. The number of nitrogens with zero attached hydrogens (tertiary/aromatic N) is 1. The Hall–Kier alpha value is -0.800. The molecule has 2 N–H and O–H groups in total. The lowest BCUT2D eigenvalue weighted by Crippen LogP contribution is -2.31. The van der Waals surface area contributed by atoms with Crippen molar-refractivity contribution in [3.63, 3.8) is 0 Å². The summed E-state index contributed by atoms with van der Waals surface area (Å²) in [5, 5.41) is 0.571. The highest BCUT2D eigenvalue weighted by Gasteiger charge is 2.13. The lowest BCUT2D eigenvalue weighted by molar-refractivity contribution is 0.159. The van der Waals surface area contributed by atoms with E-state index in [9.17, 15) is 0 Å². The summed E-state index contributed by atoms with van der Waals surface area (Å²) in [4.78, 5) is 3.93. The van der Waals surface area contributed by atoms with E-state index >= 15 is 0 Å². The van der Waals surface area contributed by atoms with Crippen molar-refractivity contribution in [3.8, 4) is 5.75 Å². The number of ether oxygens (including phenoxy) is 1. The predicted octanol–water partition coefficient (Wildman–Crippen LogP) is 2.10. The van der Waals surface area contributed by atoms with E-state index in [0.29, 0.717) is 23.2 Å². The van der Waals surface area contributed by atoms with E-state index in [1.807, 2.05) is 0 Å². The van der Waals surface area contributed by atoms with Crippen molar-refractivity contribution in [3.05, 3.63) is 23.5 Å². The minimum atomic E-state index is 0.00951. The van der Waals surface area contributed by atoms with E-state index in [0.717, 1.165) is 0 Å². The highest BCUT2D eigenvalue weighted by Crippen LogP contribution is 2.18. The van der Waals surface area contributed by atoms with Gasteiger partial charge in [0.25, 0.3) is 0 Å². The Morgan fingerprint density at radius 2 is 2.21 bits per heavy atom. The van der Waals surface area contributed by atoms with E-state index < -0.39 is 0 Å². The van der Waals surface area contributed by atoms with Crippen LogP contribution >= 0.6 is 11.6 Å². The minimum Gasteiger partial charge on any atom is -0.487 e. The summed E-state index contributed by atoms with van der Waals surface area (Å²) in [6, 6.07) is 1.74. The summed E-state index contributed by atoms with van der Waals surface area (Å²) in [5.74, 6) is 1.04. The minimum absolute atomic E-state index is 0.00951. The molecular weight excluding hydrogens is 200 g/mol. The molecule has 0 spiro atoms. The first kappa shape index (κ1) is 11.3. The average molecular weight is 215 g/mol. The molecule has 0 bridgehead atoms. The summed E-state index contributed by atoms with van der Waals surface area (Å²) in [6.07, 6.45) is 3.22. The molecule has 4 heteroatoms. The molecule has 78 valence electrons. The van der Waals surface area contributed by atoms with Gasteiger partial charge in [-0.1, -0.05) is 25.4 Å². The maximum Gasteiger partial charge on any atom is 0.139 e. The second-order valence-corrected chi connectivity index (χ2v) is 3.91. The van der Waals surface area contributed by atoms with Crippen molar-refractivity contribution < 1.29 is 4.74 Å². The number of pyridine rings is 1. The highest BCUT2D eigenvalue weighted by atomic mass is 35.5. The summed E-state index contributed by atoms with van der Waals surface area (Å²) in [7, 11) is 0. The van der Waals surface area contributed by atoms with E-state index in [4.69, 9.17) is 22.1 Å². The molecule has 1 heterocycles. The van der Waals surface area contributed by atoms with E-state index in [1.165, 1.54) is 0 Å². The Balaban J connectivity index is 2.67. The second-order valence-electron chi connectivity index (χ2n) is 3.47. The van der Waals surface area contributed by atoms with Gasteiger partial charge in [-0.2, -0.15) is 0 Å². The molecule has 0 aliphatic heterocycles. The zero-order chi connectivity index (χ0) is 10.6. The molecule has 3 nitrogen and oxygen atoms in total. The summed E-state index contributed by atoms with van der Waals surface area (Å²) in [6.45, 7) is 4.62. The van der Waals surface area contributed by atoms with E-state index in [2.05, 4.69) is 18.8 Å². The number of rotatable bonds is 4. The fourth-order valence-corrected chi connectivity index (χ4v) is 1.25. The second kappa shape index (κ2) is 5.17. The lowest BCUT2D eigenvalue weighted by Gasteiger charge is -2.20. The van der Waals surface area contributed by atoms with Gasteiger partial charge in [0.05, 0.1) is 11.2 Å². The Morgan fingerprint density at radius 1 is 1.50 bits per heavy atom. The molecule has 1 rings (SSSR count). The van der Waals surface area contributed by atoms with Crippen LogP contribution in [-0.2, 0) is 0 Å². The van der Waals surface area contributed by atoms with Gasteiger partial charge < -0.3 is 10.5 Å². The van der Waals surface area contributed by atoms with Crippen molar-refractivity contribution in [2.45, 2.75) is 20.0 Å². The standard InChI is InChI=1S/C10H15ClN2O/c1-7(2)10(4-12)14-9-3-8(11)5-13-6-9/h3,5-7,10H,4,12H2,1-2H3. The Kier molecular flexibility index (Phi) is 4.17. The van der Waals surface area contributed by atoms with Crippen LogP contribution in [0.3, 0.4) is 0 Å². The van der Waals surface area contributed by atoms with Crippen LogP contribution in [0.2, 0.25) is 5.02 Å². The maximum atomic E-state index is 5.78. The fourth-order valence-electron chi connectivity index (χ4n) is 1.09. The summed E-state index contributed by atoms with van der Waals surface area (Å²) < 4.78 is 5.63. The molecule has 1 aromatic heterocycles. The van der Waals surface area contributed by atoms with Crippen LogP contribution in [0.15, 0.2) is 18.5 Å². The third kappa shape index (κ3) is 3.16. The van der Waals surface area contributed by atoms with Gasteiger partial charge in [-0.25, -0.2) is 0 Å². The topological polar surface area (TPSA) is 48.1 Å². The zero-order valence-corrected chi connectivity index (χ0v) is 9.16. The van der Waals surface area contributed by atoms with Gasteiger partial charge in [0, 0.05) is 18.8 Å². The smallest absolute Gasteiger partial charge is 0.139 e. The van der Waals surface area contributed by atoms with Crippen molar-refractivity contribution in [1.82, 2.24) is 4.98 Å². The highest BCUT2D eigenvalue weighted by molar-refractivity contribution is 6.30. The SMILES string of the molecule is CC(C)C(CN)Oc1cncc(Cl)c1. The average Bonchev–Trinajstić information content (AvgIpc) is 2.14. The number of aromatic nitrogens is 1. The first-order valence-corrected chi connectivity index (χ1v) is 4.98. The van der Waals surface area contributed by atoms with Gasteiger partial charge in [0.2, 0.25) is 0 Å². The molecule has 0 saturated carbocycles. The molecule has 1 unspecified atom stereocenters. The van der Waals surface area contributed by atoms with Crippen LogP contribution < -0.4 is 10.5 Å². The lowest BCUT2D eigenvalue weighted by atomic mass is 10.1. The van der Waals surface area contributed by atoms with Crippen LogP contribution in [0, 0.1) is 5.92 Å². The van der Waals surface area contributed by atoms with Crippen molar-refractivity contribution in [2.75, 3.05) is 6.54 Å². The molecule has 1 atom stereocenters. The first-order valence-electron chi connectivity index (χ1n) is 4.60. The van der Waals surface area contributed by atoms with E-state index in [-0.39, 0.29) is 6.10 Å². The van der Waals surface area contributed by atoms with Gasteiger partial charge >= 0.3 is 0 Å². The molecular formula is C10H15ClN2O. The molecule has 0 radical (unpaired) electrons.